The molecule has 0 saturated heterocycles. The fourth-order valence-corrected chi connectivity index (χ4v) is 1.46. The molecule has 0 heterocycles. The van der Waals surface area contributed by atoms with Crippen LogP contribution in [-0.4, -0.2) is 11.6 Å². The van der Waals surface area contributed by atoms with Gasteiger partial charge in [0.25, 0.3) is 0 Å². The zero-order valence-electron chi connectivity index (χ0n) is 7.22. The van der Waals surface area contributed by atoms with Crippen LogP contribution in [-0.2, 0) is 9.59 Å². The van der Waals surface area contributed by atoms with Gasteiger partial charge in [0.15, 0.2) is 11.6 Å². The molecular formula is C9H11O3-. The summed E-state index contributed by atoms with van der Waals surface area (Å²) in [6.45, 7) is 3.10. The molecule has 1 unspecified atom stereocenters. The van der Waals surface area contributed by atoms with Crippen LogP contribution in [0.3, 0.4) is 0 Å². The van der Waals surface area contributed by atoms with E-state index in [1.165, 1.54) is 6.92 Å². The van der Waals surface area contributed by atoms with Crippen LogP contribution in [0.15, 0.2) is 11.3 Å². The molecule has 0 aromatic rings. The Labute approximate surface area is 71.1 Å². The molecule has 0 spiro atoms. The summed E-state index contributed by atoms with van der Waals surface area (Å²) in [5.41, 5.74) is -0.104. The van der Waals surface area contributed by atoms with Crippen molar-refractivity contribution in [1.82, 2.24) is 0 Å². The SMILES string of the molecule is CC(=O)C1=C([O-])CC(C)CC1=O. The van der Waals surface area contributed by atoms with E-state index in [1.807, 2.05) is 6.92 Å². The van der Waals surface area contributed by atoms with Gasteiger partial charge in [-0.1, -0.05) is 6.92 Å². The average Bonchev–Trinajstić information content (AvgIpc) is 1.82. The fraction of sp³-hybridized carbons (Fsp3) is 0.556. The maximum absolute atomic E-state index is 11.2. The van der Waals surface area contributed by atoms with Crippen molar-refractivity contribution in [3.8, 4) is 0 Å². The Bertz CT molecular complexity index is 263. The fourth-order valence-electron chi connectivity index (χ4n) is 1.46. The van der Waals surface area contributed by atoms with Crippen LogP contribution in [0.2, 0.25) is 0 Å². The third kappa shape index (κ3) is 1.55. The van der Waals surface area contributed by atoms with E-state index in [4.69, 9.17) is 0 Å². The van der Waals surface area contributed by atoms with Gasteiger partial charge in [-0.25, -0.2) is 0 Å². The summed E-state index contributed by atoms with van der Waals surface area (Å²) in [4.78, 5) is 22.0. The molecule has 1 aliphatic carbocycles. The number of ketones is 2. The normalized spacial score (nSPS) is 24.5. The summed E-state index contributed by atoms with van der Waals surface area (Å²) in [6.07, 6.45) is 0.668. The maximum Gasteiger partial charge on any atom is 0.165 e. The van der Waals surface area contributed by atoms with Crippen molar-refractivity contribution in [3.63, 3.8) is 0 Å². The van der Waals surface area contributed by atoms with Gasteiger partial charge >= 0.3 is 0 Å². The summed E-state index contributed by atoms with van der Waals surface area (Å²) >= 11 is 0. The Morgan fingerprint density at radius 1 is 1.50 bits per heavy atom. The molecule has 0 amide bonds. The Morgan fingerprint density at radius 3 is 2.50 bits per heavy atom. The van der Waals surface area contributed by atoms with Gasteiger partial charge in [0.2, 0.25) is 0 Å². The number of carbonyl (C=O) groups excluding carboxylic acids is 2. The Balaban J connectivity index is 3.01. The minimum atomic E-state index is -0.392. The van der Waals surface area contributed by atoms with Crippen molar-refractivity contribution in [2.24, 2.45) is 5.92 Å². The van der Waals surface area contributed by atoms with Gasteiger partial charge in [0.05, 0.1) is 0 Å². The summed E-state index contributed by atoms with van der Waals surface area (Å²) < 4.78 is 0. The van der Waals surface area contributed by atoms with E-state index in [0.717, 1.165) is 0 Å². The molecule has 0 aromatic heterocycles. The lowest BCUT2D eigenvalue weighted by molar-refractivity contribution is -0.310. The molecule has 0 N–H and O–H groups in total. The highest BCUT2D eigenvalue weighted by Gasteiger charge is 2.22. The van der Waals surface area contributed by atoms with Crippen molar-refractivity contribution in [3.05, 3.63) is 11.3 Å². The predicted octanol–water partition coefficient (Wildman–Crippen LogP) is 0.189. The highest BCUT2D eigenvalue weighted by molar-refractivity contribution is 6.20. The van der Waals surface area contributed by atoms with E-state index in [0.29, 0.717) is 12.8 Å². The molecule has 1 atom stereocenters. The zero-order chi connectivity index (χ0) is 9.30. The van der Waals surface area contributed by atoms with Crippen molar-refractivity contribution in [2.75, 3.05) is 0 Å². The number of Topliss-reactive ketones (excluding diaryl/α,β-unsaturated/α-hetero) is 2. The lowest BCUT2D eigenvalue weighted by Gasteiger charge is -2.25. The number of hydrogen-bond acceptors (Lipinski definition) is 3. The molecule has 3 nitrogen and oxygen atoms in total. The lowest BCUT2D eigenvalue weighted by atomic mass is 9.87. The third-order valence-electron chi connectivity index (χ3n) is 1.98. The van der Waals surface area contributed by atoms with E-state index in [-0.39, 0.29) is 23.0 Å². The van der Waals surface area contributed by atoms with Gasteiger partial charge in [-0.2, -0.15) is 0 Å². The average molecular weight is 167 g/mol. The Kier molecular flexibility index (Phi) is 2.31. The molecule has 3 heteroatoms. The van der Waals surface area contributed by atoms with Crippen molar-refractivity contribution in [1.29, 1.82) is 0 Å². The monoisotopic (exact) mass is 167 g/mol. The topological polar surface area (TPSA) is 57.2 Å². The maximum atomic E-state index is 11.2. The predicted molar refractivity (Wildman–Crippen MR) is 41.1 cm³/mol. The Hall–Kier alpha value is -1.12. The zero-order valence-corrected chi connectivity index (χ0v) is 7.22. The molecule has 0 aliphatic heterocycles. The molecule has 0 aromatic carbocycles. The minimum absolute atomic E-state index is 0.0908. The number of allylic oxidation sites excluding steroid dienone is 2. The lowest BCUT2D eigenvalue weighted by Crippen LogP contribution is -2.27. The van der Waals surface area contributed by atoms with Crippen molar-refractivity contribution in [2.45, 2.75) is 26.7 Å². The summed E-state index contributed by atoms with van der Waals surface area (Å²) in [5, 5.41) is 11.2. The number of rotatable bonds is 1. The van der Waals surface area contributed by atoms with Crippen LogP contribution < -0.4 is 5.11 Å². The van der Waals surface area contributed by atoms with Crippen LogP contribution in [0.1, 0.15) is 26.7 Å². The first-order valence-corrected chi connectivity index (χ1v) is 3.96. The van der Waals surface area contributed by atoms with Gasteiger partial charge in [0.1, 0.15) is 0 Å². The van der Waals surface area contributed by atoms with E-state index >= 15 is 0 Å². The van der Waals surface area contributed by atoms with E-state index in [1.54, 1.807) is 0 Å². The van der Waals surface area contributed by atoms with Gasteiger partial charge in [0, 0.05) is 12.0 Å². The standard InChI is InChI=1S/C9H12O3/c1-5-3-7(11)9(6(2)10)8(12)4-5/h5,11H,3-4H2,1-2H3/p-1. The van der Waals surface area contributed by atoms with Crippen LogP contribution in [0.4, 0.5) is 0 Å². The highest BCUT2D eigenvalue weighted by atomic mass is 16.3. The van der Waals surface area contributed by atoms with Gasteiger partial charge in [-0.05, 0) is 19.3 Å². The largest absolute Gasteiger partial charge is 0.875 e. The van der Waals surface area contributed by atoms with Crippen LogP contribution in [0, 0.1) is 5.92 Å². The third-order valence-corrected chi connectivity index (χ3v) is 1.98. The molecule has 12 heavy (non-hydrogen) atoms. The summed E-state index contributed by atoms with van der Waals surface area (Å²) in [7, 11) is 0. The molecular weight excluding hydrogens is 156 g/mol. The molecule has 66 valence electrons. The molecule has 0 fully saturated rings. The van der Waals surface area contributed by atoms with Gasteiger partial charge in [-0.15, -0.1) is 5.76 Å². The minimum Gasteiger partial charge on any atom is -0.875 e. The molecule has 0 bridgehead atoms. The second-order valence-corrected chi connectivity index (χ2v) is 3.29. The first-order chi connectivity index (χ1) is 5.52. The summed E-state index contributed by atoms with van der Waals surface area (Å²) in [5.74, 6) is -0.873. The first-order valence-electron chi connectivity index (χ1n) is 3.96. The molecule has 0 radical (unpaired) electrons. The smallest absolute Gasteiger partial charge is 0.165 e. The van der Waals surface area contributed by atoms with Crippen molar-refractivity contribution < 1.29 is 14.7 Å². The second-order valence-electron chi connectivity index (χ2n) is 3.29. The summed E-state index contributed by atoms with van der Waals surface area (Å²) in [6, 6.07) is 0. The van der Waals surface area contributed by atoms with E-state index < -0.39 is 5.78 Å². The molecule has 0 saturated carbocycles. The van der Waals surface area contributed by atoms with E-state index in [2.05, 4.69) is 0 Å². The van der Waals surface area contributed by atoms with Crippen LogP contribution >= 0.6 is 0 Å². The van der Waals surface area contributed by atoms with Gasteiger partial charge in [-0.3, -0.25) is 9.59 Å². The van der Waals surface area contributed by atoms with Gasteiger partial charge < -0.3 is 5.11 Å². The molecule has 1 aliphatic rings. The number of hydrogen-bond donors (Lipinski definition) is 0. The second kappa shape index (κ2) is 3.09. The van der Waals surface area contributed by atoms with Crippen LogP contribution in [0.5, 0.6) is 0 Å². The van der Waals surface area contributed by atoms with Crippen LogP contribution in [0.25, 0.3) is 0 Å². The highest BCUT2D eigenvalue weighted by Crippen LogP contribution is 2.23. The Morgan fingerprint density at radius 2 is 2.08 bits per heavy atom. The van der Waals surface area contributed by atoms with E-state index in [9.17, 15) is 14.7 Å². The molecule has 1 rings (SSSR count). The quantitative estimate of drug-likeness (QED) is 0.524. The van der Waals surface area contributed by atoms with Crippen molar-refractivity contribution >= 4 is 11.6 Å². The number of carbonyl (C=O) groups is 2. The first kappa shape index (κ1) is 8.97.